The second kappa shape index (κ2) is 2.74. The van der Waals surface area contributed by atoms with Crippen molar-refractivity contribution in [1.82, 2.24) is 0 Å². The van der Waals surface area contributed by atoms with Crippen LogP contribution in [0.1, 0.15) is 40.2 Å². The number of carbonyl (C=O) groups is 1. The fraction of sp³-hybridized carbons (Fsp3) is 0.364. The number of hydrogen-bond acceptors (Lipinski definition) is 1. The Bertz CT molecular complexity index is 311. The molecule has 0 N–H and O–H groups in total. The van der Waals surface area contributed by atoms with Crippen LogP contribution in [0.4, 0.5) is 0 Å². The van der Waals surface area contributed by atoms with E-state index in [1.807, 2.05) is 13.0 Å². The second-order valence-corrected chi connectivity index (χ2v) is 3.52. The lowest BCUT2D eigenvalue weighted by Crippen LogP contribution is -1.90. The van der Waals surface area contributed by atoms with Crippen LogP contribution in [-0.2, 0) is 0 Å². The molecule has 0 radical (unpaired) electrons. The molecule has 1 aliphatic rings. The third-order valence-electron chi connectivity index (χ3n) is 2.39. The van der Waals surface area contributed by atoms with E-state index in [1.54, 1.807) is 0 Å². The van der Waals surface area contributed by atoms with E-state index in [1.165, 1.54) is 24.0 Å². The molecule has 1 fully saturated rings. The maximum Gasteiger partial charge on any atom is 0.150 e. The molecule has 0 bridgehead atoms. The van der Waals surface area contributed by atoms with Crippen molar-refractivity contribution in [2.75, 3.05) is 0 Å². The zero-order chi connectivity index (χ0) is 8.55. The SMILES string of the molecule is Cc1ccc(C2CC2)c(C=O)c1. The highest BCUT2D eigenvalue weighted by Crippen LogP contribution is 2.41. The summed E-state index contributed by atoms with van der Waals surface area (Å²) in [5.74, 6) is 0.672. The van der Waals surface area contributed by atoms with Crippen molar-refractivity contribution in [2.24, 2.45) is 0 Å². The van der Waals surface area contributed by atoms with Crippen molar-refractivity contribution in [3.05, 3.63) is 34.9 Å². The summed E-state index contributed by atoms with van der Waals surface area (Å²) in [4.78, 5) is 10.7. The van der Waals surface area contributed by atoms with E-state index >= 15 is 0 Å². The number of rotatable bonds is 2. The van der Waals surface area contributed by atoms with Crippen molar-refractivity contribution in [1.29, 1.82) is 0 Å². The van der Waals surface area contributed by atoms with Crippen LogP contribution in [0.15, 0.2) is 18.2 Å². The summed E-state index contributed by atoms with van der Waals surface area (Å²) in [6, 6.07) is 6.15. The third-order valence-corrected chi connectivity index (χ3v) is 2.39. The van der Waals surface area contributed by atoms with Crippen molar-refractivity contribution in [2.45, 2.75) is 25.7 Å². The van der Waals surface area contributed by atoms with Gasteiger partial charge in [-0.05, 0) is 37.3 Å². The molecule has 0 heterocycles. The van der Waals surface area contributed by atoms with Gasteiger partial charge in [-0.2, -0.15) is 0 Å². The predicted molar refractivity (Wildman–Crippen MR) is 48.5 cm³/mol. The largest absolute Gasteiger partial charge is 0.298 e. The quantitative estimate of drug-likeness (QED) is 0.608. The van der Waals surface area contributed by atoms with Crippen LogP contribution in [0.3, 0.4) is 0 Å². The summed E-state index contributed by atoms with van der Waals surface area (Å²) < 4.78 is 0. The zero-order valence-corrected chi connectivity index (χ0v) is 7.21. The van der Waals surface area contributed by atoms with Crippen LogP contribution < -0.4 is 0 Å². The Morgan fingerprint density at radius 3 is 2.75 bits per heavy atom. The molecule has 0 saturated heterocycles. The lowest BCUT2D eigenvalue weighted by atomic mass is 10.0. The van der Waals surface area contributed by atoms with Crippen molar-refractivity contribution in [3.63, 3.8) is 0 Å². The van der Waals surface area contributed by atoms with E-state index in [0.717, 1.165) is 11.8 Å². The highest BCUT2D eigenvalue weighted by Gasteiger charge is 2.25. The molecule has 0 atom stereocenters. The molecule has 0 spiro atoms. The van der Waals surface area contributed by atoms with E-state index in [0.29, 0.717) is 5.92 Å². The van der Waals surface area contributed by atoms with Crippen molar-refractivity contribution in [3.8, 4) is 0 Å². The van der Waals surface area contributed by atoms with Gasteiger partial charge in [0.1, 0.15) is 6.29 Å². The molecule has 0 aromatic heterocycles. The second-order valence-electron chi connectivity index (χ2n) is 3.52. The molecule has 0 amide bonds. The Morgan fingerprint density at radius 1 is 1.42 bits per heavy atom. The molecular formula is C11H12O. The van der Waals surface area contributed by atoms with Crippen LogP contribution >= 0.6 is 0 Å². The summed E-state index contributed by atoms with van der Waals surface area (Å²) >= 11 is 0. The van der Waals surface area contributed by atoms with Gasteiger partial charge in [0.25, 0.3) is 0 Å². The molecule has 2 rings (SSSR count). The molecular weight excluding hydrogens is 148 g/mol. The summed E-state index contributed by atoms with van der Waals surface area (Å²) in [6.07, 6.45) is 3.48. The van der Waals surface area contributed by atoms with E-state index in [-0.39, 0.29) is 0 Å². The third kappa shape index (κ3) is 1.27. The highest BCUT2D eigenvalue weighted by atomic mass is 16.1. The fourth-order valence-electron chi connectivity index (χ4n) is 1.56. The molecule has 1 aromatic rings. The van der Waals surface area contributed by atoms with Gasteiger partial charge < -0.3 is 0 Å². The topological polar surface area (TPSA) is 17.1 Å². The van der Waals surface area contributed by atoms with Crippen molar-refractivity contribution < 1.29 is 4.79 Å². The molecule has 1 aliphatic carbocycles. The molecule has 1 saturated carbocycles. The summed E-state index contributed by atoms with van der Waals surface area (Å²) in [6.45, 7) is 2.02. The maximum atomic E-state index is 10.7. The van der Waals surface area contributed by atoms with Gasteiger partial charge in [-0.3, -0.25) is 4.79 Å². The first-order chi connectivity index (χ1) is 5.81. The van der Waals surface area contributed by atoms with E-state index in [4.69, 9.17) is 0 Å². The molecule has 1 nitrogen and oxygen atoms in total. The Kier molecular flexibility index (Phi) is 1.72. The molecule has 12 heavy (non-hydrogen) atoms. The summed E-state index contributed by atoms with van der Waals surface area (Å²) in [7, 11) is 0. The maximum absolute atomic E-state index is 10.7. The number of hydrogen-bond donors (Lipinski definition) is 0. The highest BCUT2D eigenvalue weighted by molar-refractivity contribution is 5.78. The molecule has 1 aromatic carbocycles. The Hall–Kier alpha value is -1.11. The van der Waals surface area contributed by atoms with Gasteiger partial charge in [-0.1, -0.05) is 17.7 Å². The first kappa shape index (κ1) is 7.53. The number of benzene rings is 1. The van der Waals surface area contributed by atoms with Crippen LogP contribution in [0.25, 0.3) is 0 Å². The van der Waals surface area contributed by atoms with Gasteiger partial charge in [-0.25, -0.2) is 0 Å². The normalized spacial score (nSPS) is 16.1. The fourth-order valence-corrected chi connectivity index (χ4v) is 1.56. The van der Waals surface area contributed by atoms with E-state index < -0.39 is 0 Å². The van der Waals surface area contributed by atoms with Gasteiger partial charge in [0, 0.05) is 5.56 Å². The number of aryl methyl sites for hydroxylation is 1. The lowest BCUT2D eigenvalue weighted by Gasteiger charge is -2.02. The first-order valence-electron chi connectivity index (χ1n) is 4.37. The number of aldehydes is 1. The molecule has 1 heteroatoms. The Morgan fingerprint density at radius 2 is 2.17 bits per heavy atom. The van der Waals surface area contributed by atoms with Gasteiger partial charge in [0.15, 0.2) is 0 Å². The average Bonchev–Trinajstić information content (AvgIpc) is 2.87. The van der Waals surface area contributed by atoms with Crippen LogP contribution in [0.5, 0.6) is 0 Å². The van der Waals surface area contributed by atoms with Gasteiger partial charge in [0.05, 0.1) is 0 Å². The summed E-state index contributed by atoms with van der Waals surface area (Å²) in [5, 5.41) is 0. The smallest absolute Gasteiger partial charge is 0.150 e. The first-order valence-corrected chi connectivity index (χ1v) is 4.37. The predicted octanol–water partition coefficient (Wildman–Crippen LogP) is 2.68. The monoisotopic (exact) mass is 160 g/mol. The van der Waals surface area contributed by atoms with Gasteiger partial charge in [-0.15, -0.1) is 0 Å². The molecule has 0 unspecified atom stereocenters. The zero-order valence-electron chi connectivity index (χ0n) is 7.21. The Labute approximate surface area is 72.4 Å². The van der Waals surface area contributed by atoms with Gasteiger partial charge in [0.2, 0.25) is 0 Å². The minimum atomic E-state index is 0.672. The Balaban J connectivity index is 2.44. The van der Waals surface area contributed by atoms with Gasteiger partial charge >= 0.3 is 0 Å². The average molecular weight is 160 g/mol. The molecule has 62 valence electrons. The summed E-state index contributed by atoms with van der Waals surface area (Å²) in [5.41, 5.74) is 3.30. The van der Waals surface area contributed by atoms with Crippen LogP contribution in [0.2, 0.25) is 0 Å². The van der Waals surface area contributed by atoms with E-state index in [9.17, 15) is 4.79 Å². The van der Waals surface area contributed by atoms with Crippen LogP contribution in [-0.4, -0.2) is 6.29 Å². The standard InChI is InChI=1S/C11H12O/c1-8-2-5-11(9-3-4-9)10(6-8)7-12/h2,5-7,9H,3-4H2,1H3. The minimum Gasteiger partial charge on any atom is -0.298 e. The lowest BCUT2D eigenvalue weighted by molar-refractivity contribution is 0.112. The number of carbonyl (C=O) groups excluding carboxylic acids is 1. The molecule has 0 aliphatic heterocycles. The van der Waals surface area contributed by atoms with E-state index in [2.05, 4.69) is 12.1 Å². The minimum absolute atomic E-state index is 0.672. The van der Waals surface area contributed by atoms with Crippen LogP contribution in [0, 0.1) is 6.92 Å². The van der Waals surface area contributed by atoms with Crippen molar-refractivity contribution >= 4 is 6.29 Å².